The summed E-state index contributed by atoms with van der Waals surface area (Å²) < 4.78 is 11.5. The minimum absolute atomic E-state index is 0. The minimum atomic E-state index is -0.277. The van der Waals surface area contributed by atoms with E-state index in [0.717, 1.165) is 51.1 Å². The van der Waals surface area contributed by atoms with Gasteiger partial charge in [-0.3, -0.25) is 4.79 Å². The van der Waals surface area contributed by atoms with Crippen molar-refractivity contribution >= 4 is 18.3 Å². The molecule has 2 aliphatic rings. The van der Waals surface area contributed by atoms with Gasteiger partial charge in [0.25, 0.3) is 5.91 Å². The molecule has 0 unspecified atom stereocenters. The second-order valence-electron chi connectivity index (χ2n) is 6.45. The van der Waals surface area contributed by atoms with E-state index in [1.165, 1.54) is 0 Å². The fourth-order valence-electron chi connectivity index (χ4n) is 3.32. The van der Waals surface area contributed by atoms with E-state index in [4.69, 9.17) is 15.2 Å². The molecule has 0 aliphatic carbocycles. The SMILES string of the molecule is Cl.NC[C@H]1CC[C@@H](C(=O)N2CCC(COc3ccccc3)CC2)O1. The van der Waals surface area contributed by atoms with Crippen molar-refractivity contribution in [1.29, 1.82) is 0 Å². The van der Waals surface area contributed by atoms with Crippen LogP contribution in [0.1, 0.15) is 25.7 Å². The Balaban J connectivity index is 0.00000208. The number of ether oxygens (including phenoxy) is 2. The van der Waals surface area contributed by atoms with Gasteiger partial charge in [0, 0.05) is 19.6 Å². The van der Waals surface area contributed by atoms with Crippen LogP contribution in [-0.2, 0) is 9.53 Å². The highest BCUT2D eigenvalue weighted by Crippen LogP contribution is 2.24. The third-order valence-corrected chi connectivity index (χ3v) is 4.80. The molecule has 2 N–H and O–H groups in total. The van der Waals surface area contributed by atoms with Crippen molar-refractivity contribution in [2.24, 2.45) is 11.7 Å². The lowest BCUT2D eigenvalue weighted by atomic mass is 9.97. The number of hydrogen-bond donors (Lipinski definition) is 1. The molecule has 2 heterocycles. The maximum Gasteiger partial charge on any atom is 0.251 e. The van der Waals surface area contributed by atoms with Crippen LogP contribution in [0.15, 0.2) is 30.3 Å². The van der Waals surface area contributed by atoms with E-state index in [1.54, 1.807) is 0 Å². The highest BCUT2D eigenvalue weighted by molar-refractivity contribution is 5.85. The van der Waals surface area contributed by atoms with Crippen molar-refractivity contribution in [3.05, 3.63) is 30.3 Å². The van der Waals surface area contributed by atoms with Gasteiger partial charge in [0.15, 0.2) is 0 Å². The number of nitrogens with two attached hydrogens (primary N) is 1. The van der Waals surface area contributed by atoms with Gasteiger partial charge in [0.2, 0.25) is 0 Å². The Morgan fingerprint density at radius 3 is 2.50 bits per heavy atom. The number of carbonyl (C=O) groups is 1. The molecule has 1 amide bonds. The summed E-state index contributed by atoms with van der Waals surface area (Å²) in [4.78, 5) is 14.4. The number of nitrogens with zero attached hydrogens (tertiary/aromatic N) is 1. The van der Waals surface area contributed by atoms with E-state index < -0.39 is 0 Å². The van der Waals surface area contributed by atoms with Crippen molar-refractivity contribution in [3.63, 3.8) is 0 Å². The van der Waals surface area contributed by atoms with Crippen molar-refractivity contribution in [3.8, 4) is 5.75 Å². The Labute approximate surface area is 149 Å². The molecule has 2 saturated heterocycles. The molecule has 0 bridgehead atoms. The molecule has 1 aromatic carbocycles. The van der Waals surface area contributed by atoms with Crippen molar-refractivity contribution < 1.29 is 14.3 Å². The van der Waals surface area contributed by atoms with Crippen LogP contribution in [-0.4, -0.2) is 49.3 Å². The zero-order valence-corrected chi connectivity index (χ0v) is 14.7. The summed E-state index contributed by atoms with van der Waals surface area (Å²) in [6.45, 7) is 2.83. The molecule has 0 saturated carbocycles. The van der Waals surface area contributed by atoms with Crippen LogP contribution < -0.4 is 10.5 Å². The molecule has 6 heteroatoms. The van der Waals surface area contributed by atoms with Gasteiger partial charge in [-0.25, -0.2) is 0 Å². The highest BCUT2D eigenvalue weighted by Gasteiger charge is 2.34. The molecule has 0 radical (unpaired) electrons. The fourth-order valence-corrected chi connectivity index (χ4v) is 3.32. The first-order valence-corrected chi connectivity index (χ1v) is 8.58. The number of likely N-dealkylation sites (tertiary alicyclic amines) is 1. The third kappa shape index (κ3) is 4.85. The lowest BCUT2D eigenvalue weighted by Gasteiger charge is -2.33. The summed E-state index contributed by atoms with van der Waals surface area (Å²) in [5, 5.41) is 0. The second-order valence-corrected chi connectivity index (χ2v) is 6.45. The van der Waals surface area contributed by atoms with Gasteiger partial charge in [0.05, 0.1) is 12.7 Å². The smallest absolute Gasteiger partial charge is 0.251 e. The molecule has 5 nitrogen and oxygen atoms in total. The Morgan fingerprint density at radius 2 is 1.88 bits per heavy atom. The second kappa shape index (κ2) is 9.25. The van der Waals surface area contributed by atoms with E-state index >= 15 is 0 Å². The number of carbonyl (C=O) groups excluding carboxylic acids is 1. The fraction of sp³-hybridized carbons (Fsp3) is 0.611. The lowest BCUT2D eigenvalue weighted by Crippen LogP contribution is -2.44. The monoisotopic (exact) mass is 354 g/mol. The molecule has 0 spiro atoms. The molecule has 134 valence electrons. The van der Waals surface area contributed by atoms with Gasteiger partial charge >= 0.3 is 0 Å². The van der Waals surface area contributed by atoms with E-state index in [0.29, 0.717) is 12.5 Å². The third-order valence-electron chi connectivity index (χ3n) is 4.80. The summed E-state index contributed by atoms with van der Waals surface area (Å²) >= 11 is 0. The first-order valence-electron chi connectivity index (χ1n) is 8.58. The largest absolute Gasteiger partial charge is 0.493 e. The molecule has 2 fully saturated rings. The molecule has 2 atom stereocenters. The average molecular weight is 355 g/mol. The Morgan fingerprint density at radius 1 is 1.17 bits per heavy atom. The van der Waals surface area contributed by atoms with Gasteiger partial charge in [-0.05, 0) is 43.7 Å². The first-order chi connectivity index (χ1) is 11.3. The van der Waals surface area contributed by atoms with Crippen LogP contribution in [0.3, 0.4) is 0 Å². The van der Waals surface area contributed by atoms with Gasteiger partial charge in [-0.2, -0.15) is 0 Å². The van der Waals surface area contributed by atoms with Crippen LogP contribution in [0, 0.1) is 5.92 Å². The summed E-state index contributed by atoms with van der Waals surface area (Å²) in [7, 11) is 0. The number of rotatable bonds is 5. The number of hydrogen-bond acceptors (Lipinski definition) is 4. The van der Waals surface area contributed by atoms with Crippen LogP contribution in [0.5, 0.6) is 5.75 Å². The van der Waals surface area contributed by atoms with Crippen LogP contribution >= 0.6 is 12.4 Å². The highest BCUT2D eigenvalue weighted by atomic mass is 35.5. The molecule has 24 heavy (non-hydrogen) atoms. The Hall–Kier alpha value is -1.30. The predicted molar refractivity (Wildman–Crippen MR) is 95.4 cm³/mol. The molecular formula is C18H27ClN2O3. The molecule has 1 aromatic rings. The van der Waals surface area contributed by atoms with Crippen LogP contribution in [0.25, 0.3) is 0 Å². The number of amides is 1. The maximum absolute atomic E-state index is 12.5. The van der Waals surface area contributed by atoms with Gasteiger partial charge in [0.1, 0.15) is 11.9 Å². The number of piperidine rings is 1. The zero-order valence-electron chi connectivity index (χ0n) is 13.9. The van der Waals surface area contributed by atoms with Crippen molar-refractivity contribution in [1.82, 2.24) is 4.90 Å². The summed E-state index contributed by atoms with van der Waals surface area (Å²) in [6.07, 6.45) is 3.46. The molecule has 3 rings (SSSR count). The van der Waals surface area contributed by atoms with Gasteiger partial charge in [-0.15, -0.1) is 12.4 Å². The summed E-state index contributed by atoms with van der Waals surface area (Å²) in [5.41, 5.74) is 5.61. The van der Waals surface area contributed by atoms with E-state index in [-0.39, 0.29) is 30.5 Å². The Kier molecular flexibility index (Phi) is 7.34. The normalized spacial score (nSPS) is 24.5. The van der Waals surface area contributed by atoms with Crippen molar-refractivity contribution in [2.75, 3.05) is 26.2 Å². The number of para-hydroxylation sites is 1. The molecule has 0 aromatic heterocycles. The standard InChI is InChI=1S/C18H26N2O3.ClH/c19-12-16-6-7-17(23-16)18(21)20-10-8-14(9-11-20)13-22-15-4-2-1-3-5-15;/h1-5,14,16-17H,6-13,19H2;1H/t16-,17+;/m1./s1. The minimum Gasteiger partial charge on any atom is -0.493 e. The molecular weight excluding hydrogens is 328 g/mol. The van der Waals surface area contributed by atoms with E-state index in [2.05, 4.69) is 0 Å². The zero-order chi connectivity index (χ0) is 16.1. The summed E-state index contributed by atoms with van der Waals surface area (Å²) in [6, 6.07) is 9.89. The number of halogens is 1. The van der Waals surface area contributed by atoms with E-state index in [1.807, 2.05) is 35.2 Å². The predicted octanol–water partition coefficient (Wildman–Crippen LogP) is 2.23. The quantitative estimate of drug-likeness (QED) is 0.880. The average Bonchev–Trinajstić information content (AvgIpc) is 3.10. The molecule has 2 aliphatic heterocycles. The van der Waals surface area contributed by atoms with E-state index in [9.17, 15) is 4.79 Å². The number of benzene rings is 1. The topological polar surface area (TPSA) is 64.8 Å². The first kappa shape index (κ1) is 19.0. The van der Waals surface area contributed by atoms with Gasteiger partial charge in [-0.1, -0.05) is 18.2 Å². The van der Waals surface area contributed by atoms with Crippen molar-refractivity contribution in [2.45, 2.75) is 37.9 Å². The maximum atomic E-state index is 12.5. The van der Waals surface area contributed by atoms with Crippen LogP contribution in [0.4, 0.5) is 0 Å². The van der Waals surface area contributed by atoms with Crippen LogP contribution in [0.2, 0.25) is 0 Å². The summed E-state index contributed by atoms with van der Waals surface area (Å²) in [5.74, 6) is 1.57. The Bertz CT molecular complexity index is 506. The van der Waals surface area contributed by atoms with Gasteiger partial charge < -0.3 is 20.1 Å². The lowest BCUT2D eigenvalue weighted by molar-refractivity contribution is -0.144.